The van der Waals surface area contributed by atoms with Gasteiger partial charge in [0.25, 0.3) is 0 Å². The normalized spacial score (nSPS) is 20.6. The summed E-state index contributed by atoms with van der Waals surface area (Å²) in [5.74, 6) is 0.899. The van der Waals surface area contributed by atoms with Crippen LogP contribution in [-0.4, -0.2) is 30.3 Å². The van der Waals surface area contributed by atoms with Gasteiger partial charge in [-0.2, -0.15) is 0 Å². The van der Waals surface area contributed by atoms with E-state index in [0.29, 0.717) is 22.2 Å². The largest absolute Gasteiger partial charge is 0.296 e. The predicted octanol–water partition coefficient (Wildman–Crippen LogP) is 4.69. The lowest BCUT2D eigenvalue weighted by Crippen LogP contribution is -2.31. The number of benzene rings is 1. The standard InChI is InChI=1S/C16H21Cl2NO/c1-2-12-4-3-8-19(9-7-12)11-16(20)14-6-5-13(17)10-15(14)18/h5-6,10,12H,2-4,7-9,11H2,1H3. The minimum absolute atomic E-state index is 0.0848. The highest BCUT2D eigenvalue weighted by atomic mass is 35.5. The maximum absolute atomic E-state index is 12.3. The summed E-state index contributed by atoms with van der Waals surface area (Å²) in [5, 5.41) is 1.01. The Bertz CT molecular complexity index is 476. The third kappa shape index (κ3) is 4.21. The van der Waals surface area contributed by atoms with Crippen LogP contribution in [0.25, 0.3) is 0 Å². The Morgan fingerprint density at radius 1 is 1.30 bits per heavy atom. The van der Waals surface area contributed by atoms with Crippen LogP contribution >= 0.6 is 23.2 Å². The van der Waals surface area contributed by atoms with E-state index < -0.39 is 0 Å². The SMILES string of the molecule is CCC1CCCN(CC(=O)c2ccc(Cl)cc2Cl)CC1. The van der Waals surface area contributed by atoms with E-state index in [9.17, 15) is 4.79 Å². The van der Waals surface area contributed by atoms with Crippen molar-refractivity contribution in [3.8, 4) is 0 Å². The average molecular weight is 314 g/mol. The maximum atomic E-state index is 12.3. The fourth-order valence-electron chi connectivity index (χ4n) is 2.80. The second kappa shape index (κ2) is 7.44. The number of carbonyl (C=O) groups is 1. The number of likely N-dealkylation sites (tertiary alicyclic amines) is 1. The van der Waals surface area contributed by atoms with E-state index in [1.165, 1.54) is 25.7 Å². The molecule has 4 heteroatoms. The smallest absolute Gasteiger partial charge is 0.178 e. The Kier molecular flexibility index (Phi) is 5.88. The third-order valence-corrected chi connectivity index (χ3v) is 4.66. The van der Waals surface area contributed by atoms with Crippen molar-refractivity contribution in [1.82, 2.24) is 4.90 Å². The summed E-state index contributed by atoms with van der Waals surface area (Å²) >= 11 is 12.0. The molecule has 20 heavy (non-hydrogen) atoms. The highest BCUT2D eigenvalue weighted by molar-refractivity contribution is 6.36. The summed E-state index contributed by atoms with van der Waals surface area (Å²) in [6.07, 6.45) is 4.89. The maximum Gasteiger partial charge on any atom is 0.178 e. The van der Waals surface area contributed by atoms with Crippen LogP contribution in [0.2, 0.25) is 10.0 Å². The lowest BCUT2D eigenvalue weighted by molar-refractivity contribution is 0.0932. The van der Waals surface area contributed by atoms with Gasteiger partial charge in [-0.3, -0.25) is 9.69 Å². The number of nitrogens with zero attached hydrogens (tertiary/aromatic N) is 1. The Morgan fingerprint density at radius 3 is 2.80 bits per heavy atom. The Hall–Kier alpha value is -0.570. The summed E-state index contributed by atoms with van der Waals surface area (Å²) in [4.78, 5) is 14.6. The van der Waals surface area contributed by atoms with Crippen LogP contribution < -0.4 is 0 Å². The minimum Gasteiger partial charge on any atom is -0.296 e. The van der Waals surface area contributed by atoms with E-state index in [2.05, 4.69) is 11.8 Å². The summed E-state index contributed by atoms with van der Waals surface area (Å²) < 4.78 is 0. The molecular weight excluding hydrogens is 293 g/mol. The van der Waals surface area contributed by atoms with Crippen LogP contribution in [0, 0.1) is 5.92 Å². The van der Waals surface area contributed by atoms with Crippen molar-refractivity contribution in [2.45, 2.75) is 32.6 Å². The second-order valence-corrected chi connectivity index (χ2v) is 6.37. The number of rotatable bonds is 4. The molecule has 0 radical (unpaired) electrons. The molecule has 1 aromatic rings. The first-order valence-electron chi connectivity index (χ1n) is 7.30. The zero-order chi connectivity index (χ0) is 14.5. The molecule has 2 rings (SSSR count). The molecule has 0 N–H and O–H groups in total. The van der Waals surface area contributed by atoms with Crippen LogP contribution in [0.1, 0.15) is 43.0 Å². The molecule has 0 bridgehead atoms. The number of hydrogen-bond acceptors (Lipinski definition) is 2. The van der Waals surface area contributed by atoms with Crippen LogP contribution in [-0.2, 0) is 0 Å². The van der Waals surface area contributed by atoms with Crippen LogP contribution in [0.15, 0.2) is 18.2 Å². The van der Waals surface area contributed by atoms with Gasteiger partial charge in [0.1, 0.15) is 0 Å². The van der Waals surface area contributed by atoms with Gasteiger partial charge in [0.05, 0.1) is 11.6 Å². The second-order valence-electron chi connectivity index (χ2n) is 5.53. The van der Waals surface area contributed by atoms with Gasteiger partial charge in [-0.05, 0) is 56.5 Å². The molecule has 2 nitrogen and oxygen atoms in total. The molecule has 0 spiro atoms. The molecule has 1 fully saturated rings. The topological polar surface area (TPSA) is 20.3 Å². The van der Waals surface area contributed by atoms with Gasteiger partial charge in [-0.25, -0.2) is 0 Å². The molecule has 1 atom stereocenters. The number of ketones is 1. The van der Waals surface area contributed by atoms with Crippen molar-refractivity contribution in [3.05, 3.63) is 33.8 Å². The van der Waals surface area contributed by atoms with E-state index in [1.54, 1.807) is 18.2 Å². The Morgan fingerprint density at radius 2 is 2.10 bits per heavy atom. The van der Waals surface area contributed by atoms with Crippen LogP contribution in [0.4, 0.5) is 0 Å². The van der Waals surface area contributed by atoms with E-state index in [4.69, 9.17) is 23.2 Å². The van der Waals surface area contributed by atoms with Gasteiger partial charge < -0.3 is 0 Å². The first kappa shape index (κ1) is 15.8. The van der Waals surface area contributed by atoms with Gasteiger partial charge in [-0.1, -0.05) is 36.5 Å². The minimum atomic E-state index is 0.0848. The molecule has 0 amide bonds. The third-order valence-electron chi connectivity index (χ3n) is 4.12. The number of Topliss-reactive ketones (excluding diaryl/α,β-unsaturated/α-hetero) is 1. The summed E-state index contributed by atoms with van der Waals surface area (Å²) in [5.41, 5.74) is 0.576. The van der Waals surface area contributed by atoms with Crippen molar-refractivity contribution in [3.63, 3.8) is 0 Å². The molecule has 1 aliphatic heterocycles. The first-order chi connectivity index (χ1) is 9.60. The first-order valence-corrected chi connectivity index (χ1v) is 8.06. The lowest BCUT2D eigenvalue weighted by Gasteiger charge is -2.19. The molecule has 0 aliphatic carbocycles. The number of carbonyl (C=O) groups excluding carboxylic acids is 1. The summed E-state index contributed by atoms with van der Waals surface area (Å²) in [7, 11) is 0. The van der Waals surface area contributed by atoms with Gasteiger partial charge in [0.2, 0.25) is 0 Å². The van der Waals surface area contributed by atoms with Gasteiger partial charge in [-0.15, -0.1) is 0 Å². The fourth-order valence-corrected chi connectivity index (χ4v) is 3.31. The summed E-state index contributed by atoms with van der Waals surface area (Å²) in [6.45, 7) is 4.72. The molecule has 1 saturated heterocycles. The van der Waals surface area contributed by atoms with Gasteiger partial charge in [0, 0.05) is 10.6 Å². The van der Waals surface area contributed by atoms with Crippen molar-refractivity contribution in [2.75, 3.05) is 19.6 Å². The van der Waals surface area contributed by atoms with E-state index in [1.807, 2.05) is 0 Å². The van der Waals surface area contributed by atoms with E-state index in [-0.39, 0.29) is 5.78 Å². The Labute approximate surface area is 131 Å². The van der Waals surface area contributed by atoms with Gasteiger partial charge in [0.15, 0.2) is 5.78 Å². The van der Waals surface area contributed by atoms with Gasteiger partial charge >= 0.3 is 0 Å². The van der Waals surface area contributed by atoms with Crippen molar-refractivity contribution < 1.29 is 4.79 Å². The van der Waals surface area contributed by atoms with Crippen molar-refractivity contribution >= 4 is 29.0 Å². The Balaban J connectivity index is 1.97. The van der Waals surface area contributed by atoms with Crippen molar-refractivity contribution in [2.24, 2.45) is 5.92 Å². The zero-order valence-electron chi connectivity index (χ0n) is 11.9. The zero-order valence-corrected chi connectivity index (χ0v) is 13.4. The highest BCUT2D eigenvalue weighted by Gasteiger charge is 2.19. The molecule has 1 aliphatic rings. The van der Waals surface area contributed by atoms with Crippen molar-refractivity contribution in [1.29, 1.82) is 0 Å². The van der Waals surface area contributed by atoms with E-state index >= 15 is 0 Å². The van der Waals surface area contributed by atoms with Crippen LogP contribution in [0.5, 0.6) is 0 Å². The molecule has 1 unspecified atom stereocenters. The molecule has 110 valence electrons. The monoisotopic (exact) mass is 313 g/mol. The summed E-state index contributed by atoms with van der Waals surface area (Å²) in [6, 6.07) is 5.07. The molecular formula is C16H21Cl2NO. The number of hydrogen-bond donors (Lipinski definition) is 0. The number of halogens is 2. The predicted molar refractivity (Wildman–Crippen MR) is 84.9 cm³/mol. The lowest BCUT2D eigenvalue weighted by atomic mass is 9.98. The van der Waals surface area contributed by atoms with E-state index in [0.717, 1.165) is 19.0 Å². The average Bonchev–Trinajstić information content (AvgIpc) is 2.63. The quantitative estimate of drug-likeness (QED) is 0.752. The highest BCUT2D eigenvalue weighted by Crippen LogP contribution is 2.23. The fraction of sp³-hybridized carbons (Fsp3) is 0.562. The molecule has 1 heterocycles. The molecule has 1 aromatic carbocycles. The van der Waals surface area contributed by atoms with Crippen LogP contribution in [0.3, 0.4) is 0 Å². The molecule has 0 aromatic heterocycles. The molecule has 0 saturated carbocycles.